The minimum absolute atomic E-state index is 0.0371. The molecule has 2 aromatic heterocycles. The second-order valence-corrected chi connectivity index (χ2v) is 4.38. The van der Waals surface area contributed by atoms with Crippen molar-refractivity contribution >= 4 is 11.5 Å². The molecule has 0 saturated heterocycles. The highest BCUT2D eigenvalue weighted by atomic mass is 16.5. The summed E-state index contributed by atoms with van der Waals surface area (Å²) in [5.74, 6) is 0.799. The number of aliphatic hydroxyl groups is 1. The maximum atomic E-state index is 9.55. The molecule has 1 N–H and O–H groups in total. The lowest BCUT2D eigenvalue weighted by atomic mass is 10.3. The van der Waals surface area contributed by atoms with Gasteiger partial charge in [-0.2, -0.15) is 0 Å². The Labute approximate surface area is 107 Å². The van der Waals surface area contributed by atoms with Gasteiger partial charge in [-0.05, 0) is 19.1 Å². The molecule has 0 spiro atoms. The number of hydrogen-bond donors (Lipinski definition) is 1. The van der Waals surface area contributed by atoms with Crippen LogP contribution >= 0.6 is 0 Å². The first kappa shape index (κ1) is 12.9. The lowest BCUT2D eigenvalue weighted by molar-refractivity contribution is 0.183. The standard InChI is InChI=1S/C13H19N3O2/c1-10(9-18-3)15(2)13-11(8-17)16-7-5-4-6-12(16)14-13/h4-7,10,17H,8-9H2,1-3H3. The third-order valence-electron chi connectivity index (χ3n) is 3.16. The van der Waals surface area contributed by atoms with Crippen molar-refractivity contribution in [3.63, 3.8) is 0 Å². The quantitative estimate of drug-likeness (QED) is 0.867. The van der Waals surface area contributed by atoms with E-state index in [0.717, 1.165) is 17.2 Å². The summed E-state index contributed by atoms with van der Waals surface area (Å²) in [4.78, 5) is 6.59. The van der Waals surface area contributed by atoms with Crippen LogP contribution in [0.25, 0.3) is 5.65 Å². The molecule has 0 aliphatic heterocycles. The molecule has 1 atom stereocenters. The van der Waals surface area contributed by atoms with Crippen molar-refractivity contribution in [1.29, 1.82) is 0 Å². The van der Waals surface area contributed by atoms with Crippen LogP contribution in [0.1, 0.15) is 12.6 Å². The van der Waals surface area contributed by atoms with Gasteiger partial charge in [0.25, 0.3) is 0 Å². The first-order chi connectivity index (χ1) is 8.69. The van der Waals surface area contributed by atoms with E-state index in [1.54, 1.807) is 7.11 Å². The number of aliphatic hydroxyl groups excluding tert-OH is 1. The van der Waals surface area contributed by atoms with Crippen LogP contribution in [-0.2, 0) is 11.3 Å². The molecule has 5 nitrogen and oxygen atoms in total. The van der Waals surface area contributed by atoms with Crippen LogP contribution < -0.4 is 4.90 Å². The van der Waals surface area contributed by atoms with E-state index in [1.165, 1.54) is 0 Å². The van der Waals surface area contributed by atoms with E-state index >= 15 is 0 Å². The van der Waals surface area contributed by atoms with Crippen molar-refractivity contribution in [2.75, 3.05) is 25.7 Å². The predicted octanol–water partition coefficient (Wildman–Crippen LogP) is 1.30. The number of fused-ring (bicyclic) bond motifs is 1. The van der Waals surface area contributed by atoms with Gasteiger partial charge in [0, 0.05) is 20.4 Å². The van der Waals surface area contributed by atoms with E-state index in [4.69, 9.17) is 4.74 Å². The topological polar surface area (TPSA) is 50.0 Å². The molecule has 0 fully saturated rings. The average Bonchev–Trinajstić information content (AvgIpc) is 2.76. The maximum Gasteiger partial charge on any atom is 0.153 e. The van der Waals surface area contributed by atoms with E-state index < -0.39 is 0 Å². The largest absolute Gasteiger partial charge is 0.390 e. The first-order valence-electron chi connectivity index (χ1n) is 5.97. The highest BCUT2D eigenvalue weighted by Crippen LogP contribution is 2.22. The van der Waals surface area contributed by atoms with Crippen LogP contribution in [0.2, 0.25) is 0 Å². The molecule has 0 aromatic carbocycles. The molecule has 2 rings (SSSR count). The molecule has 98 valence electrons. The Balaban J connectivity index is 2.43. The van der Waals surface area contributed by atoms with Crippen molar-refractivity contribution < 1.29 is 9.84 Å². The summed E-state index contributed by atoms with van der Waals surface area (Å²) in [6.45, 7) is 2.65. The van der Waals surface area contributed by atoms with Gasteiger partial charge >= 0.3 is 0 Å². The fraction of sp³-hybridized carbons (Fsp3) is 0.462. The summed E-state index contributed by atoms with van der Waals surface area (Å²) in [6, 6.07) is 5.99. The summed E-state index contributed by atoms with van der Waals surface area (Å²) < 4.78 is 7.06. The van der Waals surface area contributed by atoms with E-state index in [-0.39, 0.29) is 12.6 Å². The van der Waals surface area contributed by atoms with E-state index in [2.05, 4.69) is 11.9 Å². The van der Waals surface area contributed by atoms with Crippen molar-refractivity contribution in [3.05, 3.63) is 30.1 Å². The number of aromatic nitrogens is 2. The van der Waals surface area contributed by atoms with Crippen LogP contribution in [0, 0.1) is 0 Å². The van der Waals surface area contributed by atoms with Crippen molar-refractivity contribution in [1.82, 2.24) is 9.38 Å². The smallest absolute Gasteiger partial charge is 0.153 e. The van der Waals surface area contributed by atoms with E-state index in [9.17, 15) is 5.11 Å². The zero-order chi connectivity index (χ0) is 13.1. The monoisotopic (exact) mass is 249 g/mol. The van der Waals surface area contributed by atoms with Gasteiger partial charge < -0.3 is 14.7 Å². The number of methoxy groups -OCH3 is 1. The van der Waals surface area contributed by atoms with E-state index in [1.807, 2.05) is 40.7 Å². The number of ether oxygens (including phenoxy) is 1. The fourth-order valence-corrected chi connectivity index (χ4v) is 2.03. The Bertz CT molecular complexity index is 524. The van der Waals surface area contributed by atoms with Gasteiger partial charge in [0.1, 0.15) is 5.65 Å². The highest BCUT2D eigenvalue weighted by Gasteiger charge is 2.18. The fourth-order valence-electron chi connectivity index (χ4n) is 2.03. The van der Waals surface area contributed by atoms with Crippen LogP contribution in [0.5, 0.6) is 0 Å². The van der Waals surface area contributed by atoms with Crippen LogP contribution in [-0.4, -0.2) is 41.3 Å². The first-order valence-corrected chi connectivity index (χ1v) is 5.97. The van der Waals surface area contributed by atoms with Crippen molar-refractivity contribution in [3.8, 4) is 0 Å². The van der Waals surface area contributed by atoms with Gasteiger partial charge in [0.2, 0.25) is 0 Å². The van der Waals surface area contributed by atoms with Crippen LogP contribution in [0.4, 0.5) is 5.82 Å². The molecule has 0 radical (unpaired) electrons. The molecule has 0 saturated carbocycles. The number of hydrogen-bond acceptors (Lipinski definition) is 4. The van der Waals surface area contributed by atoms with E-state index in [0.29, 0.717) is 6.61 Å². The Morgan fingerprint density at radius 2 is 2.28 bits per heavy atom. The van der Waals surface area contributed by atoms with Gasteiger partial charge in [-0.3, -0.25) is 4.40 Å². The summed E-state index contributed by atoms with van der Waals surface area (Å²) >= 11 is 0. The summed E-state index contributed by atoms with van der Waals surface area (Å²) in [5, 5.41) is 9.55. The molecule has 2 heterocycles. The third kappa shape index (κ3) is 2.19. The number of rotatable bonds is 5. The Morgan fingerprint density at radius 1 is 1.50 bits per heavy atom. The average molecular weight is 249 g/mol. The van der Waals surface area contributed by atoms with Crippen LogP contribution in [0.3, 0.4) is 0 Å². The maximum absolute atomic E-state index is 9.55. The van der Waals surface area contributed by atoms with Gasteiger partial charge in [-0.15, -0.1) is 0 Å². The zero-order valence-electron chi connectivity index (χ0n) is 11.0. The Kier molecular flexibility index (Phi) is 3.84. The second-order valence-electron chi connectivity index (χ2n) is 4.38. The number of likely N-dealkylation sites (N-methyl/N-ethyl adjacent to an activating group) is 1. The molecular weight excluding hydrogens is 230 g/mol. The molecular formula is C13H19N3O2. The predicted molar refractivity (Wildman–Crippen MR) is 70.9 cm³/mol. The molecule has 0 aliphatic carbocycles. The van der Waals surface area contributed by atoms with Crippen LogP contribution in [0.15, 0.2) is 24.4 Å². The summed E-state index contributed by atoms with van der Waals surface area (Å²) in [7, 11) is 3.64. The minimum atomic E-state index is -0.0371. The van der Waals surface area contributed by atoms with Gasteiger partial charge in [0.05, 0.1) is 24.9 Å². The molecule has 0 aliphatic rings. The second kappa shape index (κ2) is 5.37. The number of pyridine rings is 1. The molecule has 18 heavy (non-hydrogen) atoms. The van der Waals surface area contributed by atoms with Gasteiger partial charge in [-0.1, -0.05) is 6.07 Å². The minimum Gasteiger partial charge on any atom is -0.390 e. The summed E-state index contributed by atoms with van der Waals surface area (Å²) in [5.41, 5.74) is 1.64. The third-order valence-corrected chi connectivity index (χ3v) is 3.16. The lowest BCUT2D eigenvalue weighted by Gasteiger charge is -2.25. The summed E-state index contributed by atoms with van der Waals surface area (Å²) in [6.07, 6.45) is 1.91. The molecule has 0 amide bonds. The SMILES string of the molecule is COCC(C)N(C)c1nc2ccccn2c1CO. The number of imidazole rings is 1. The highest BCUT2D eigenvalue weighted by molar-refractivity contribution is 5.55. The van der Waals surface area contributed by atoms with Crippen molar-refractivity contribution in [2.24, 2.45) is 0 Å². The van der Waals surface area contributed by atoms with Crippen molar-refractivity contribution in [2.45, 2.75) is 19.6 Å². The zero-order valence-corrected chi connectivity index (χ0v) is 11.0. The normalized spacial score (nSPS) is 12.9. The Morgan fingerprint density at radius 3 is 2.94 bits per heavy atom. The number of anilines is 1. The molecule has 1 unspecified atom stereocenters. The molecule has 5 heteroatoms. The van der Waals surface area contributed by atoms with Gasteiger partial charge in [-0.25, -0.2) is 4.98 Å². The Hall–Kier alpha value is -1.59. The lowest BCUT2D eigenvalue weighted by Crippen LogP contribution is -2.33. The molecule has 2 aromatic rings. The molecule has 0 bridgehead atoms. The van der Waals surface area contributed by atoms with Gasteiger partial charge in [0.15, 0.2) is 5.82 Å². The number of nitrogens with zero attached hydrogens (tertiary/aromatic N) is 3.